The monoisotopic (exact) mass is 197 g/mol. The van der Waals surface area contributed by atoms with E-state index < -0.39 is 0 Å². The Hall–Kier alpha value is -0.0800. The molecule has 0 aromatic rings. The molecule has 1 aliphatic carbocycles. The molecule has 0 spiro atoms. The maximum atomic E-state index is 9.09. The van der Waals surface area contributed by atoms with Crippen LogP contribution in [-0.4, -0.2) is 36.8 Å². The number of rotatable bonds is 4. The van der Waals surface area contributed by atoms with Gasteiger partial charge in [0.2, 0.25) is 0 Å². The lowest BCUT2D eigenvalue weighted by atomic mass is 9.79. The van der Waals surface area contributed by atoms with Crippen molar-refractivity contribution in [3.63, 3.8) is 0 Å². The molecule has 0 radical (unpaired) electrons. The van der Waals surface area contributed by atoms with Crippen LogP contribution in [0.3, 0.4) is 0 Å². The molecule has 2 heteroatoms. The second-order valence-electron chi connectivity index (χ2n) is 5.15. The van der Waals surface area contributed by atoms with Crippen LogP contribution in [0, 0.1) is 17.8 Å². The molecule has 0 bridgehead atoms. The summed E-state index contributed by atoms with van der Waals surface area (Å²) in [5.74, 6) is 2.72. The van der Waals surface area contributed by atoms with Crippen molar-refractivity contribution in [2.75, 3.05) is 26.7 Å². The Balaban J connectivity index is 1.84. The molecule has 0 aromatic carbocycles. The maximum absolute atomic E-state index is 9.09. The zero-order valence-electron chi connectivity index (χ0n) is 9.28. The van der Waals surface area contributed by atoms with E-state index in [1.54, 1.807) is 0 Å². The van der Waals surface area contributed by atoms with E-state index in [1.807, 2.05) is 0 Å². The third-order valence-corrected chi connectivity index (χ3v) is 4.06. The first-order valence-corrected chi connectivity index (χ1v) is 6.10. The van der Waals surface area contributed by atoms with Crippen molar-refractivity contribution in [2.45, 2.75) is 32.1 Å². The van der Waals surface area contributed by atoms with Gasteiger partial charge < -0.3 is 10.0 Å². The van der Waals surface area contributed by atoms with Crippen molar-refractivity contribution in [3.8, 4) is 0 Å². The molecular weight excluding hydrogens is 174 g/mol. The lowest BCUT2D eigenvalue weighted by molar-refractivity contribution is 0.133. The second kappa shape index (κ2) is 4.63. The van der Waals surface area contributed by atoms with Crippen LogP contribution in [0.25, 0.3) is 0 Å². The smallest absolute Gasteiger partial charge is 0.0433 e. The van der Waals surface area contributed by atoms with E-state index in [1.165, 1.54) is 38.8 Å². The normalized spacial score (nSPS) is 27.9. The number of aliphatic hydroxyl groups excluding tert-OH is 1. The minimum atomic E-state index is 0.396. The number of nitrogens with zero attached hydrogens (tertiary/aromatic N) is 1. The van der Waals surface area contributed by atoms with Crippen molar-refractivity contribution >= 4 is 0 Å². The molecule has 1 unspecified atom stereocenters. The summed E-state index contributed by atoms with van der Waals surface area (Å²) in [6.07, 6.45) is 6.63. The zero-order chi connectivity index (χ0) is 9.97. The Morgan fingerprint density at radius 3 is 2.21 bits per heavy atom. The van der Waals surface area contributed by atoms with Crippen LogP contribution in [0.1, 0.15) is 32.1 Å². The fourth-order valence-electron chi connectivity index (χ4n) is 2.99. The average molecular weight is 197 g/mol. The van der Waals surface area contributed by atoms with E-state index in [0.717, 1.165) is 24.2 Å². The number of likely N-dealkylation sites (tertiary alicyclic amines) is 1. The van der Waals surface area contributed by atoms with Gasteiger partial charge in [0.15, 0.2) is 0 Å². The Morgan fingerprint density at radius 1 is 1.14 bits per heavy atom. The van der Waals surface area contributed by atoms with E-state index in [2.05, 4.69) is 11.9 Å². The molecule has 0 amide bonds. The number of hydrogen-bond donors (Lipinski definition) is 1. The van der Waals surface area contributed by atoms with Gasteiger partial charge in [-0.15, -0.1) is 0 Å². The fourth-order valence-corrected chi connectivity index (χ4v) is 2.99. The van der Waals surface area contributed by atoms with E-state index in [-0.39, 0.29) is 0 Å². The summed E-state index contributed by atoms with van der Waals surface area (Å²) in [7, 11) is 2.22. The molecular formula is C12H23NO. The highest BCUT2D eigenvalue weighted by atomic mass is 16.3. The topological polar surface area (TPSA) is 23.5 Å². The van der Waals surface area contributed by atoms with Crippen LogP contribution in [-0.2, 0) is 0 Å². The highest BCUT2D eigenvalue weighted by molar-refractivity contribution is 4.87. The molecule has 1 atom stereocenters. The number of hydrogen-bond acceptors (Lipinski definition) is 2. The summed E-state index contributed by atoms with van der Waals surface area (Å²) in [4.78, 5) is 2.43. The van der Waals surface area contributed by atoms with E-state index in [4.69, 9.17) is 5.11 Å². The first kappa shape index (κ1) is 10.4. The number of aliphatic hydroxyl groups is 1. The van der Waals surface area contributed by atoms with E-state index in [9.17, 15) is 0 Å². The van der Waals surface area contributed by atoms with Gasteiger partial charge in [0.1, 0.15) is 0 Å². The largest absolute Gasteiger partial charge is 0.396 e. The highest BCUT2D eigenvalue weighted by Gasteiger charge is 2.36. The molecule has 1 aliphatic heterocycles. The molecule has 2 nitrogen and oxygen atoms in total. The van der Waals surface area contributed by atoms with Crippen LogP contribution < -0.4 is 0 Å². The predicted molar refractivity (Wildman–Crippen MR) is 58.1 cm³/mol. The van der Waals surface area contributed by atoms with Gasteiger partial charge in [-0.3, -0.25) is 0 Å². The SMILES string of the molecule is CN1CCC(C(CCO)C2CC2)CC1. The van der Waals surface area contributed by atoms with Crippen molar-refractivity contribution in [1.29, 1.82) is 0 Å². The maximum Gasteiger partial charge on any atom is 0.0433 e. The van der Waals surface area contributed by atoms with Gasteiger partial charge in [0, 0.05) is 6.61 Å². The first-order chi connectivity index (χ1) is 6.81. The average Bonchev–Trinajstić information content (AvgIpc) is 2.99. The van der Waals surface area contributed by atoms with Gasteiger partial charge >= 0.3 is 0 Å². The van der Waals surface area contributed by atoms with Crippen molar-refractivity contribution in [1.82, 2.24) is 4.90 Å². The third-order valence-electron chi connectivity index (χ3n) is 4.06. The van der Waals surface area contributed by atoms with Gasteiger partial charge in [-0.05, 0) is 70.0 Å². The highest BCUT2D eigenvalue weighted by Crippen LogP contribution is 2.44. The summed E-state index contributed by atoms with van der Waals surface area (Å²) < 4.78 is 0. The van der Waals surface area contributed by atoms with Gasteiger partial charge in [-0.25, -0.2) is 0 Å². The number of piperidine rings is 1. The minimum absolute atomic E-state index is 0.396. The Kier molecular flexibility index (Phi) is 3.45. The van der Waals surface area contributed by atoms with Crippen molar-refractivity contribution in [3.05, 3.63) is 0 Å². The summed E-state index contributed by atoms with van der Waals surface area (Å²) in [5.41, 5.74) is 0. The molecule has 1 N–H and O–H groups in total. The lowest BCUT2D eigenvalue weighted by Crippen LogP contribution is -2.34. The zero-order valence-corrected chi connectivity index (χ0v) is 9.28. The quantitative estimate of drug-likeness (QED) is 0.742. The lowest BCUT2D eigenvalue weighted by Gasteiger charge is -2.34. The molecule has 2 aliphatic rings. The van der Waals surface area contributed by atoms with Crippen LogP contribution in [0.4, 0.5) is 0 Å². The Bertz CT molecular complexity index is 171. The molecule has 2 fully saturated rings. The molecule has 1 saturated carbocycles. The molecule has 1 saturated heterocycles. The molecule has 2 rings (SSSR count). The minimum Gasteiger partial charge on any atom is -0.396 e. The van der Waals surface area contributed by atoms with Crippen LogP contribution in [0.5, 0.6) is 0 Å². The van der Waals surface area contributed by atoms with Gasteiger partial charge in [-0.2, -0.15) is 0 Å². The van der Waals surface area contributed by atoms with E-state index >= 15 is 0 Å². The first-order valence-electron chi connectivity index (χ1n) is 6.10. The summed E-state index contributed by atoms with van der Waals surface area (Å²) in [6, 6.07) is 0. The van der Waals surface area contributed by atoms with Gasteiger partial charge in [0.25, 0.3) is 0 Å². The van der Waals surface area contributed by atoms with Crippen LogP contribution in [0.15, 0.2) is 0 Å². The summed E-state index contributed by atoms with van der Waals surface area (Å²) >= 11 is 0. The predicted octanol–water partition coefficient (Wildman–Crippen LogP) is 1.74. The standard InChI is InChI=1S/C12H23NO/c1-13-7-4-11(5-8-13)12(6-9-14)10-2-3-10/h10-12,14H,2-9H2,1H3. The summed E-state index contributed by atoms with van der Waals surface area (Å²) in [5, 5.41) is 9.09. The van der Waals surface area contributed by atoms with Crippen molar-refractivity contribution < 1.29 is 5.11 Å². The molecule has 82 valence electrons. The van der Waals surface area contributed by atoms with Crippen LogP contribution >= 0.6 is 0 Å². The Labute approximate surface area is 87.3 Å². The van der Waals surface area contributed by atoms with Gasteiger partial charge in [-0.1, -0.05) is 0 Å². The van der Waals surface area contributed by atoms with E-state index in [0.29, 0.717) is 6.61 Å². The molecule has 1 heterocycles. The van der Waals surface area contributed by atoms with Crippen LogP contribution in [0.2, 0.25) is 0 Å². The molecule has 14 heavy (non-hydrogen) atoms. The summed E-state index contributed by atoms with van der Waals surface area (Å²) in [6.45, 7) is 2.92. The third kappa shape index (κ3) is 2.48. The second-order valence-corrected chi connectivity index (χ2v) is 5.15. The Morgan fingerprint density at radius 2 is 1.71 bits per heavy atom. The fraction of sp³-hybridized carbons (Fsp3) is 1.00. The van der Waals surface area contributed by atoms with Crippen molar-refractivity contribution in [2.24, 2.45) is 17.8 Å². The molecule has 0 aromatic heterocycles. The van der Waals surface area contributed by atoms with Gasteiger partial charge in [0.05, 0.1) is 0 Å².